The molecule has 0 amide bonds. The van der Waals surface area contributed by atoms with Gasteiger partial charge in [-0.2, -0.15) is 9.29 Å². The largest absolute Gasteiger partial charge is 0.338 e. The average molecular weight is 419 g/mol. The minimum absolute atomic E-state index is 0.400. The van der Waals surface area contributed by atoms with Crippen molar-refractivity contribution in [2.75, 3.05) is 26.2 Å². The maximum atomic E-state index is 12.6. The van der Waals surface area contributed by atoms with Crippen LogP contribution in [0.4, 0.5) is 0 Å². The summed E-state index contributed by atoms with van der Waals surface area (Å²) in [5.41, 5.74) is 2.20. The van der Waals surface area contributed by atoms with Crippen molar-refractivity contribution in [3.8, 4) is 11.4 Å². The Morgan fingerprint density at radius 1 is 1.11 bits per heavy atom. The highest BCUT2D eigenvalue weighted by atomic mass is 32.2. The van der Waals surface area contributed by atoms with Crippen molar-refractivity contribution < 1.29 is 12.9 Å². The maximum Gasteiger partial charge on any atom is 0.252 e. The maximum absolute atomic E-state index is 12.6. The third-order valence-corrected chi connectivity index (χ3v) is 8.14. The fourth-order valence-corrected chi connectivity index (χ4v) is 5.75. The van der Waals surface area contributed by atoms with Gasteiger partial charge >= 0.3 is 0 Å². The first-order valence-corrected chi connectivity index (χ1v) is 11.6. The fraction of sp³-hybridized carbons (Fsp3) is 0.368. The van der Waals surface area contributed by atoms with E-state index in [1.165, 1.54) is 16.9 Å². The molecule has 28 heavy (non-hydrogen) atoms. The normalized spacial score (nSPS) is 16.5. The van der Waals surface area contributed by atoms with Gasteiger partial charge in [-0.15, -0.1) is 11.3 Å². The highest BCUT2D eigenvalue weighted by molar-refractivity contribution is 7.91. The molecule has 1 fully saturated rings. The molecule has 7 nitrogen and oxygen atoms in total. The second-order valence-electron chi connectivity index (χ2n) is 6.67. The van der Waals surface area contributed by atoms with E-state index in [4.69, 9.17) is 4.52 Å². The number of hydrogen-bond acceptors (Lipinski definition) is 7. The van der Waals surface area contributed by atoms with Gasteiger partial charge in [-0.3, -0.25) is 4.90 Å². The number of piperazine rings is 1. The van der Waals surface area contributed by atoms with Gasteiger partial charge in [0.25, 0.3) is 10.0 Å². The standard InChI is InChI=1S/C19H22N4O3S2/c1-2-15-5-7-16(8-6-15)19-20-17(26-21-19)14-22-9-11-23(12-10-22)28(24,25)18-4-3-13-27-18/h3-8,13H,2,9-12,14H2,1H3. The summed E-state index contributed by atoms with van der Waals surface area (Å²) < 4.78 is 32.5. The molecule has 0 saturated carbocycles. The first-order chi connectivity index (χ1) is 13.6. The molecule has 0 atom stereocenters. The van der Waals surface area contributed by atoms with Crippen LogP contribution in [0.2, 0.25) is 0 Å². The monoisotopic (exact) mass is 418 g/mol. The molecule has 148 valence electrons. The summed E-state index contributed by atoms with van der Waals surface area (Å²) in [5, 5.41) is 5.86. The van der Waals surface area contributed by atoms with Crippen LogP contribution in [0.5, 0.6) is 0 Å². The number of benzene rings is 1. The van der Waals surface area contributed by atoms with E-state index in [1.54, 1.807) is 21.8 Å². The molecule has 3 aromatic rings. The summed E-state index contributed by atoms with van der Waals surface area (Å²) in [6.07, 6.45) is 0.992. The van der Waals surface area contributed by atoms with Crippen molar-refractivity contribution in [3.05, 3.63) is 53.2 Å². The van der Waals surface area contributed by atoms with E-state index in [2.05, 4.69) is 34.1 Å². The van der Waals surface area contributed by atoms with E-state index < -0.39 is 10.0 Å². The molecule has 1 aliphatic rings. The predicted octanol–water partition coefficient (Wildman–Crippen LogP) is 2.87. The van der Waals surface area contributed by atoms with E-state index in [-0.39, 0.29) is 0 Å². The van der Waals surface area contributed by atoms with Crippen molar-refractivity contribution in [2.45, 2.75) is 24.1 Å². The molecule has 0 radical (unpaired) electrons. The molecule has 1 aliphatic heterocycles. The van der Waals surface area contributed by atoms with Crippen molar-refractivity contribution in [1.29, 1.82) is 0 Å². The third kappa shape index (κ3) is 4.02. The second kappa shape index (κ2) is 8.12. The molecule has 1 aromatic carbocycles. The number of aryl methyl sites for hydroxylation is 1. The van der Waals surface area contributed by atoms with Gasteiger partial charge in [0.2, 0.25) is 11.7 Å². The number of hydrogen-bond donors (Lipinski definition) is 0. The van der Waals surface area contributed by atoms with E-state index >= 15 is 0 Å². The second-order valence-corrected chi connectivity index (χ2v) is 9.79. The van der Waals surface area contributed by atoms with Gasteiger partial charge in [-0.25, -0.2) is 8.42 Å². The molecule has 0 unspecified atom stereocenters. The van der Waals surface area contributed by atoms with Crippen molar-refractivity contribution in [2.24, 2.45) is 0 Å². The number of thiophene rings is 1. The lowest BCUT2D eigenvalue weighted by atomic mass is 10.1. The first-order valence-electron chi connectivity index (χ1n) is 9.24. The molecular formula is C19H22N4O3S2. The summed E-state index contributed by atoms with van der Waals surface area (Å²) in [4.78, 5) is 6.63. The molecule has 0 N–H and O–H groups in total. The van der Waals surface area contributed by atoms with Gasteiger partial charge in [0, 0.05) is 31.7 Å². The van der Waals surface area contributed by atoms with Crippen LogP contribution in [0.3, 0.4) is 0 Å². The van der Waals surface area contributed by atoms with Crippen LogP contribution in [0.1, 0.15) is 18.4 Å². The quantitative estimate of drug-likeness (QED) is 0.612. The number of nitrogens with zero attached hydrogens (tertiary/aromatic N) is 4. The number of sulfonamides is 1. The Balaban J connectivity index is 1.36. The summed E-state index contributed by atoms with van der Waals surface area (Å²) >= 11 is 1.25. The summed E-state index contributed by atoms with van der Waals surface area (Å²) in [6.45, 7) is 4.82. The van der Waals surface area contributed by atoms with Gasteiger partial charge < -0.3 is 4.52 Å². The van der Waals surface area contributed by atoms with Crippen molar-refractivity contribution in [3.63, 3.8) is 0 Å². The van der Waals surface area contributed by atoms with E-state index in [0.29, 0.717) is 48.6 Å². The minimum atomic E-state index is -3.38. The van der Waals surface area contributed by atoms with Gasteiger partial charge in [0.05, 0.1) is 6.54 Å². The first kappa shape index (κ1) is 19.3. The molecule has 2 aromatic heterocycles. The fourth-order valence-electron chi connectivity index (χ4n) is 3.18. The van der Waals surface area contributed by atoms with Crippen molar-refractivity contribution in [1.82, 2.24) is 19.3 Å². The van der Waals surface area contributed by atoms with Crippen molar-refractivity contribution >= 4 is 21.4 Å². The van der Waals surface area contributed by atoms with Gasteiger partial charge in [0.1, 0.15) is 4.21 Å². The summed E-state index contributed by atoms with van der Waals surface area (Å²) in [5.74, 6) is 1.13. The highest BCUT2D eigenvalue weighted by Crippen LogP contribution is 2.23. The van der Waals surface area contributed by atoms with E-state index in [0.717, 1.165) is 12.0 Å². The van der Waals surface area contributed by atoms with Crippen LogP contribution in [0.15, 0.2) is 50.5 Å². The summed E-state index contributed by atoms with van der Waals surface area (Å²) in [7, 11) is -3.38. The number of rotatable bonds is 6. The van der Waals surface area contributed by atoms with Gasteiger partial charge in [0.15, 0.2) is 0 Å². The molecule has 1 saturated heterocycles. The van der Waals surface area contributed by atoms with Crippen LogP contribution in [0.25, 0.3) is 11.4 Å². The van der Waals surface area contributed by atoms with Gasteiger partial charge in [-0.05, 0) is 23.4 Å². The van der Waals surface area contributed by atoms with Gasteiger partial charge in [-0.1, -0.05) is 42.4 Å². The molecule has 0 spiro atoms. The molecule has 3 heterocycles. The topological polar surface area (TPSA) is 79.5 Å². The van der Waals surface area contributed by atoms with Crippen LogP contribution in [0, 0.1) is 0 Å². The van der Waals surface area contributed by atoms with Crippen LogP contribution >= 0.6 is 11.3 Å². The van der Waals surface area contributed by atoms with Crippen LogP contribution in [-0.2, 0) is 23.0 Å². The Labute approximate surface area is 168 Å². The van der Waals surface area contributed by atoms with Crippen LogP contribution in [-0.4, -0.2) is 53.9 Å². The van der Waals surface area contributed by atoms with E-state index in [9.17, 15) is 8.42 Å². The molecule has 0 bridgehead atoms. The van der Waals surface area contributed by atoms with E-state index in [1.807, 2.05) is 12.1 Å². The minimum Gasteiger partial charge on any atom is -0.338 e. The highest BCUT2D eigenvalue weighted by Gasteiger charge is 2.29. The zero-order valence-electron chi connectivity index (χ0n) is 15.6. The average Bonchev–Trinajstić information content (AvgIpc) is 3.41. The Morgan fingerprint density at radius 3 is 2.50 bits per heavy atom. The summed E-state index contributed by atoms with van der Waals surface area (Å²) in [6, 6.07) is 11.6. The lowest BCUT2D eigenvalue weighted by molar-refractivity contribution is 0.163. The molecule has 0 aliphatic carbocycles. The Hall–Kier alpha value is -2.07. The SMILES string of the molecule is CCc1ccc(-c2noc(CN3CCN(S(=O)(=O)c4cccs4)CC3)n2)cc1. The smallest absolute Gasteiger partial charge is 0.252 e. The van der Waals surface area contributed by atoms with Crippen LogP contribution < -0.4 is 0 Å². The third-order valence-electron chi connectivity index (χ3n) is 4.87. The molecular weight excluding hydrogens is 396 g/mol. The zero-order valence-corrected chi connectivity index (χ0v) is 17.2. The zero-order chi connectivity index (χ0) is 19.6. The molecule has 9 heteroatoms. The Morgan fingerprint density at radius 2 is 1.86 bits per heavy atom. The Bertz CT molecular complexity index is 1010. The molecule has 4 rings (SSSR count). The lowest BCUT2D eigenvalue weighted by Gasteiger charge is -2.32. The Kier molecular flexibility index (Phi) is 5.58. The lowest BCUT2D eigenvalue weighted by Crippen LogP contribution is -2.48. The predicted molar refractivity (Wildman–Crippen MR) is 107 cm³/mol. The number of aromatic nitrogens is 2.